The van der Waals surface area contributed by atoms with Crippen molar-refractivity contribution in [2.45, 2.75) is 19.9 Å². The summed E-state index contributed by atoms with van der Waals surface area (Å²) in [6.45, 7) is 4.01. The topological polar surface area (TPSA) is 25.4 Å². The van der Waals surface area contributed by atoms with Gasteiger partial charge in [-0.1, -0.05) is 30.3 Å². The van der Waals surface area contributed by atoms with Crippen molar-refractivity contribution in [1.29, 1.82) is 0 Å². The number of hydrogen-bond donors (Lipinski definition) is 0. The lowest BCUT2D eigenvalue weighted by Crippen LogP contribution is -2.31. The van der Waals surface area contributed by atoms with Crippen molar-refractivity contribution < 1.29 is 4.74 Å². The SMILES string of the molecule is COc1cccc2c1CCN(c1nc3ccccc3cc1C)C2. The summed E-state index contributed by atoms with van der Waals surface area (Å²) in [5, 5.41) is 1.20. The molecule has 4 rings (SSSR count). The molecule has 0 spiro atoms. The summed E-state index contributed by atoms with van der Waals surface area (Å²) in [5.74, 6) is 2.10. The number of para-hydroxylation sites is 1. The Morgan fingerprint density at radius 3 is 2.83 bits per heavy atom. The Balaban J connectivity index is 1.73. The van der Waals surface area contributed by atoms with Crippen molar-refractivity contribution in [1.82, 2.24) is 4.98 Å². The van der Waals surface area contributed by atoms with E-state index in [0.717, 1.165) is 36.6 Å². The molecule has 0 saturated heterocycles. The third-order valence-electron chi connectivity index (χ3n) is 4.63. The molecular weight excluding hydrogens is 284 g/mol. The average Bonchev–Trinajstić information content (AvgIpc) is 2.60. The summed E-state index contributed by atoms with van der Waals surface area (Å²) in [4.78, 5) is 7.29. The van der Waals surface area contributed by atoms with Gasteiger partial charge in [0, 0.05) is 24.0 Å². The van der Waals surface area contributed by atoms with Crippen LogP contribution in [0.5, 0.6) is 5.75 Å². The van der Waals surface area contributed by atoms with E-state index < -0.39 is 0 Å². The van der Waals surface area contributed by atoms with E-state index in [1.54, 1.807) is 7.11 Å². The van der Waals surface area contributed by atoms with Crippen LogP contribution in [0.15, 0.2) is 48.5 Å². The molecule has 0 bridgehead atoms. The highest BCUT2D eigenvalue weighted by molar-refractivity contribution is 5.81. The number of rotatable bonds is 2. The molecule has 0 fully saturated rings. The summed E-state index contributed by atoms with van der Waals surface area (Å²) >= 11 is 0. The molecular formula is C20H20N2O. The molecule has 116 valence electrons. The number of ether oxygens (including phenoxy) is 1. The highest BCUT2D eigenvalue weighted by atomic mass is 16.5. The lowest BCUT2D eigenvalue weighted by atomic mass is 9.98. The lowest BCUT2D eigenvalue weighted by Gasteiger charge is -2.31. The fourth-order valence-corrected chi connectivity index (χ4v) is 3.48. The summed E-state index contributed by atoms with van der Waals surface area (Å²) in [6, 6.07) is 16.9. The van der Waals surface area contributed by atoms with Crippen LogP contribution in [0, 0.1) is 6.92 Å². The largest absolute Gasteiger partial charge is 0.496 e. The third kappa shape index (κ3) is 2.42. The van der Waals surface area contributed by atoms with Crippen molar-refractivity contribution in [3.05, 3.63) is 65.2 Å². The molecule has 0 aliphatic carbocycles. The summed E-state index contributed by atoms with van der Waals surface area (Å²) in [7, 11) is 1.75. The van der Waals surface area contributed by atoms with Crippen LogP contribution in [-0.2, 0) is 13.0 Å². The number of fused-ring (bicyclic) bond motifs is 2. The number of aromatic nitrogens is 1. The Morgan fingerprint density at radius 2 is 1.96 bits per heavy atom. The first kappa shape index (κ1) is 14.1. The molecule has 2 aromatic carbocycles. The summed E-state index contributed by atoms with van der Waals surface area (Å²) in [6.07, 6.45) is 0.993. The number of pyridine rings is 1. The molecule has 0 radical (unpaired) electrons. The second-order valence-electron chi connectivity index (χ2n) is 6.09. The van der Waals surface area contributed by atoms with Gasteiger partial charge in [0.15, 0.2) is 0 Å². The predicted molar refractivity (Wildman–Crippen MR) is 94.2 cm³/mol. The van der Waals surface area contributed by atoms with Gasteiger partial charge in [0.2, 0.25) is 0 Å². The zero-order chi connectivity index (χ0) is 15.8. The Morgan fingerprint density at radius 1 is 1.09 bits per heavy atom. The van der Waals surface area contributed by atoms with E-state index in [1.165, 1.54) is 22.1 Å². The fourth-order valence-electron chi connectivity index (χ4n) is 3.48. The van der Waals surface area contributed by atoms with Crippen molar-refractivity contribution in [3.8, 4) is 5.75 Å². The van der Waals surface area contributed by atoms with E-state index in [9.17, 15) is 0 Å². The van der Waals surface area contributed by atoms with E-state index in [0.29, 0.717) is 0 Å². The molecule has 0 N–H and O–H groups in total. The highest BCUT2D eigenvalue weighted by Crippen LogP contribution is 2.31. The van der Waals surface area contributed by atoms with Crippen molar-refractivity contribution >= 4 is 16.7 Å². The Kier molecular flexibility index (Phi) is 3.41. The molecule has 3 nitrogen and oxygen atoms in total. The maximum atomic E-state index is 5.50. The van der Waals surface area contributed by atoms with Crippen molar-refractivity contribution in [3.63, 3.8) is 0 Å². The summed E-state index contributed by atoms with van der Waals surface area (Å²) < 4.78 is 5.50. The quantitative estimate of drug-likeness (QED) is 0.712. The zero-order valence-corrected chi connectivity index (χ0v) is 13.5. The van der Waals surface area contributed by atoms with Gasteiger partial charge in [-0.15, -0.1) is 0 Å². The Bertz CT molecular complexity index is 873. The lowest BCUT2D eigenvalue weighted by molar-refractivity contribution is 0.407. The molecule has 0 amide bonds. The second-order valence-corrected chi connectivity index (χ2v) is 6.09. The van der Waals surface area contributed by atoms with Crippen LogP contribution in [0.25, 0.3) is 10.9 Å². The molecule has 1 aliphatic heterocycles. The molecule has 23 heavy (non-hydrogen) atoms. The minimum absolute atomic E-state index is 0.888. The monoisotopic (exact) mass is 304 g/mol. The molecule has 3 aromatic rings. The first-order valence-electron chi connectivity index (χ1n) is 8.02. The van der Waals surface area contributed by atoms with Crippen LogP contribution in [0.4, 0.5) is 5.82 Å². The van der Waals surface area contributed by atoms with Gasteiger partial charge < -0.3 is 9.64 Å². The second kappa shape index (κ2) is 5.58. The number of aryl methyl sites for hydroxylation is 1. The first-order chi connectivity index (χ1) is 11.3. The van der Waals surface area contributed by atoms with Crippen LogP contribution in [0.2, 0.25) is 0 Å². The van der Waals surface area contributed by atoms with E-state index >= 15 is 0 Å². The smallest absolute Gasteiger partial charge is 0.132 e. The van der Waals surface area contributed by atoms with Gasteiger partial charge in [-0.3, -0.25) is 0 Å². The molecule has 1 aliphatic rings. The highest BCUT2D eigenvalue weighted by Gasteiger charge is 2.21. The van der Waals surface area contributed by atoms with Crippen molar-refractivity contribution in [2.24, 2.45) is 0 Å². The Labute approximate surface area is 136 Å². The van der Waals surface area contributed by atoms with Gasteiger partial charge in [0.1, 0.15) is 11.6 Å². The van der Waals surface area contributed by atoms with E-state index in [2.05, 4.69) is 48.2 Å². The normalized spacial score (nSPS) is 13.9. The minimum Gasteiger partial charge on any atom is -0.496 e. The first-order valence-corrected chi connectivity index (χ1v) is 8.02. The van der Waals surface area contributed by atoms with Gasteiger partial charge in [-0.25, -0.2) is 4.98 Å². The van der Waals surface area contributed by atoms with E-state index in [-0.39, 0.29) is 0 Å². The number of hydrogen-bond acceptors (Lipinski definition) is 3. The van der Waals surface area contributed by atoms with Gasteiger partial charge in [0.05, 0.1) is 12.6 Å². The van der Waals surface area contributed by atoms with Gasteiger partial charge in [0.25, 0.3) is 0 Å². The standard InChI is InChI=1S/C20H20N2O/c1-14-12-15-6-3-4-8-18(15)21-20(14)22-11-10-17-16(13-22)7-5-9-19(17)23-2/h3-9,12H,10-11,13H2,1-2H3. The van der Waals surface area contributed by atoms with Crippen molar-refractivity contribution in [2.75, 3.05) is 18.6 Å². The molecule has 2 heterocycles. The molecule has 3 heteroatoms. The van der Waals surface area contributed by atoms with E-state index in [1.807, 2.05) is 12.1 Å². The third-order valence-corrected chi connectivity index (χ3v) is 4.63. The summed E-state index contributed by atoms with van der Waals surface area (Å²) in [5.41, 5.74) is 4.97. The number of nitrogens with zero attached hydrogens (tertiary/aromatic N) is 2. The van der Waals surface area contributed by atoms with Crippen LogP contribution in [0.1, 0.15) is 16.7 Å². The van der Waals surface area contributed by atoms with E-state index in [4.69, 9.17) is 9.72 Å². The maximum Gasteiger partial charge on any atom is 0.132 e. The van der Waals surface area contributed by atoms with Crippen LogP contribution >= 0.6 is 0 Å². The predicted octanol–water partition coefficient (Wildman–Crippen LogP) is 4.11. The molecule has 1 aromatic heterocycles. The minimum atomic E-state index is 0.888. The molecule has 0 saturated carbocycles. The average molecular weight is 304 g/mol. The van der Waals surface area contributed by atoms with Crippen LogP contribution < -0.4 is 9.64 Å². The number of methoxy groups -OCH3 is 1. The fraction of sp³-hybridized carbons (Fsp3) is 0.250. The Hall–Kier alpha value is -2.55. The van der Waals surface area contributed by atoms with Gasteiger partial charge in [-0.05, 0) is 42.7 Å². The zero-order valence-electron chi connectivity index (χ0n) is 13.5. The van der Waals surface area contributed by atoms with Crippen LogP contribution in [-0.4, -0.2) is 18.6 Å². The molecule has 0 atom stereocenters. The van der Waals surface area contributed by atoms with Gasteiger partial charge >= 0.3 is 0 Å². The number of benzene rings is 2. The number of anilines is 1. The maximum absolute atomic E-state index is 5.50. The molecule has 0 unspecified atom stereocenters. The van der Waals surface area contributed by atoms with Crippen LogP contribution in [0.3, 0.4) is 0 Å². The van der Waals surface area contributed by atoms with Gasteiger partial charge in [-0.2, -0.15) is 0 Å².